The van der Waals surface area contributed by atoms with Gasteiger partial charge in [0.1, 0.15) is 11.3 Å². The summed E-state index contributed by atoms with van der Waals surface area (Å²) in [7, 11) is -1.97. The zero-order valence-corrected chi connectivity index (χ0v) is 21.2. The molecular formula is C26H34N2O4Si. The SMILES string of the molecule is CC(C)(C)[Si](C)(C)Oc1ccc([C@H]2CN(O)C(=O)[C@]23CCC(=O)N3Cc2ccccc2)cc1. The average molecular weight is 467 g/mol. The zero-order chi connectivity index (χ0) is 24.0. The predicted molar refractivity (Wildman–Crippen MR) is 129 cm³/mol. The molecule has 2 amide bonds. The Balaban J connectivity index is 1.65. The summed E-state index contributed by atoms with van der Waals surface area (Å²) in [6.07, 6.45) is 0.705. The monoisotopic (exact) mass is 466 g/mol. The van der Waals surface area contributed by atoms with Crippen molar-refractivity contribution in [1.29, 1.82) is 0 Å². The van der Waals surface area contributed by atoms with E-state index >= 15 is 0 Å². The summed E-state index contributed by atoms with van der Waals surface area (Å²) in [5.74, 6) is 0.0570. The van der Waals surface area contributed by atoms with Crippen molar-refractivity contribution in [2.24, 2.45) is 0 Å². The van der Waals surface area contributed by atoms with Gasteiger partial charge in [-0.05, 0) is 47.8 Å². The summed E-state index contributed by atoms with van der Waals surface area (Å²) in [5.41, 5.74) is 0.826. The van der Waals surface area contributed by atoms with Crippen molar-refractivity contribution in [2.45, 2.75) is 69.7 Å². The highest BCUT2D eigenvalue weighted by molar-refractivity contribution is 6.74. The van der Waals surface area contributed by atoms with E-state index in [4.69, 9.17) is 4.43 Å². The average Bonchev–Trinajstić information content (AvgIpc) is 3.21. The van der Waals surface area contributed by atoms with Gasteiger partial charge in [-0.1, -0.05) is 63.2 Å². The third kappa shape index (κ3) is 4.08. The molecule has 2 saturated heterocycles. The fourth-order valence-electron chi connectivity index (χ4n) is 4.75. The van der Waals surface area contributed by atoms with Gasteiger partial charge in [-0.15, -0.1) is 0 Å². The van der Waals surface area contributed by atoms with Gasteiger partial charge in [-0.25, -0.2) is 5.06 Å². The molecule has 0 saturated carbocycles. The van der Waals surface area contributed by atoms with Crippen molar-refractivity contribution < 1.29 is 19.2 Å². The van der Waals surface area contributed by atoms with Gasteiger partial charge in [0.15, 0.2) is 0 Å². The molecule has 0 aromatic heterocycles. The van der Waals surface area contributed by atoms with Crippen LogP contribution in [0.5, 0.6) is 5.75 Å². The Morgan fingerprint density at radius 3 is 2.30 bits per heavy atom. The maximum atomic E-state index is 13.3. The smallest absolute Gasteiger partial charge is 0.272 e. The lowest BCUT2D eigenvalue weighted by Crippen LogP contribution is -2.53. The van der Waals surface area contributed by atoms with Gasteiger partial charge in [0.2, 0.25) is 14.2 Å². The van der Waals surface area contributed by atoms with Crippen LogP contribution in [0.15, 0.2) is 54.6 Å². The number of hydrogen-bond donors (Lipinski definition) is 1. The third-order valence-electron chi connectivity index (χ3n) is 7.68. The molecule has 2 aromatic carbocycles. The van der Waals surface area contributed by atoms with Gasteiger partial charge in [0.25, 0.3) is 5.91 Å². The van der Waals surface area contributed by atoms with E-state index in [1.165, 1.54) is 0 Å². The molecule has 176 valence electrons. The molecule has 4 rings (SSSR count). The maximum absolute atomic E-state index is 13.3. The van der Waals surface area contributed by atoms with Gasteiger partial charge < -0.3 is 9.33 Å². The van der Waals surface area contributed by atoms with E-state index < -0.39 is 19.8 Å². The predicted octanol–water partition coefficient (Wildman–Crippen LogP) is 4.95. The van der Waals surface area contributed by atoms with Crippen LogP contribution in [-0.2, 0) is 16.1 Å². The van der Waals surface area contributed by atoms with E-state index in [9.17, 15) is 14.8 Å². The second kappa shape index (κ2) is 8.29. The van der Waals surface area contributed by atoms with Crippen molar-refractivity contribution in [2.75, 3.05) is 6.54 Å². The van der Waals surface area contributed by atoms with Gasteiger partial charge in [-0.2, -0.15) is 0 Å². The number of carbonyl (C=O) groups excluding carboxylic acids is 2. The summed E-state index contributed by atoms with van der Waals surface area (Å²) in [6, 6.07) is 17.5. The van der Waals surface area contributed by atoms with Crippen LogP contribution in [0.3, 0.4) is 0 Å². The molecule has 0 aliphatic carbocycles. The van der Waals surface area contributed by atoms with Gasteiger partial charge >= 0.3 is 0 Å². The molecular weight excluding hydrogens is 432 g/mol. The molecule has 2 fully saturated rings. The van der Waals surface area contributed by atoms with Gasteiger partial charge in [0.05, 0.1) is 6.54 Å². The highest BCUT2D eigenvalue weighted by atomic mass is 28.4. The molecule has 2 aliphatic rings. The Morgan fingerprint density at radius 1 is 1.06 bits per heavy atom. The normalized spacial score (nSPS) is 23.6. The number of hydroxylamine groups is 2. The fourth-order valence-corrected chi connectivity index (χ4v) is 5.78. The largest absolute Gasteiger partial charge is 0.544 e. The minimum atomic E-state index is -1.97. The number of rotatable bonds is 5. The quantitative estimate of drug-likeness (QED) is 0.500. The third-order valence-corrected chi connectivity index (χ3v) is 12.0. The van der Waals surface area contributed by atoms with Crippen molar-refractivity contribution in [3.8, 4) is 5.75 Å². The zero-order valence-electron chi connectivity index (χ0n) is 20.2. The van der Waals surface area contributed by atoms with Crippen LogP contribution in [0.25, 0.3) is 0 Å². The van der Waals surface area contributed by atoms with E-state index in [2.05, 4.69) is 33.9 Å². The lowest BCUT2D eigenvalue weighted by molar-refractivity contribution is -0.166. The number of hydrogen-bond acceptors (Lipinski definition) is 4. The molecule has 2 heterocycles. The number of benzene rings is 2. The Bertz CT molecular complexity index is 1030. The Hall–Kier alpha value is -2.64. The molecule has 0 radical (unpaired) electrons. The van der Waals surface area contributed by atoms with Crippen LogP contribution < -0.4 is 4.43 Å². The highest BCUT2D eigenvalue weighted by Gasteiger charge is 2.62. The van der Waals surface area contributed by atoms with Crippen molar-refractivity contribution in [1.82, 2.24) is 9.96 Å². The van der Waals surface area contributed by atoms with Gasteiger partial charge in [-0.3, -0.25) is 14.8 Å². The standard InChI is InChI=1S/C26H34N2O4Si/c1-25(2,3)33(4,5)32-21-13-11-20(12-14-21)22-18-28(31)24(30)26(22)16-15-23(29)27(26)17-19-9-7-6-8-10-19/h6-14,22,31H,15-18H2,1-5H3/t22-,26+/m1/s1. The minimum Gasteiger partial charge on any atom is -0.544 e. The Labute approximate surface area is 197 Å². The van der Waals surface area contributed by atoms with E-state index in [1.54, 1.807) is 4.90 Å². The van der Waals surface area contributed by atoms with Crippen LogP contribution >= 0.6 is 0 Å². The minimum absolute atomic E-state index is 0.0506. The first-order valence-electron chi connectivity index (χ1n) is 11.6. The Kier molecular flexibility index (Phi) is 5.91. The number of likely N-dealkylation sites (tertiary alicyclic amines) is 1. The molecule has 6 nitrogen and oxygen atoms in total. The molecule has 2 atom stereocenters. The molecule has 0 unspecified atom stereocenters. The Morgan fingerprint density at radius 2 is 1.70 bits per heavy atom. The maximum Gasteiger partial charge on any atom is 0.272 e. The van der Waals surface area contributed by atoms with Crippen LogP contribution in [0.2, 0.25) is 18.1 Å². The van der Waals surface area contributed by atoms with E-state index in [0.717, 1.165) is 21.9 Å². The summed E-state index contributed by atoms with van der Waals surface area (Å²) in [4.78, 5) is 27.9. The van der Waals surface area contributed by atoms with E-state index in [0.29, 0.717) is 19.4 Å². The van der Waals surface area contributed by atoms with Crippen molar-refractivity contribution in [3.63, 3.8) is 0 Å². The summed E-state index contributed by atoms with van der Waals surface area (Å²) in [6.45, 7) is 11.5. The molecule has 2 aromatic rings. The van der Waals surface area contributed by atoms with Crippen molar-refractivity contribution >= 4 is 20.1 Å². The molecule has 1 N–H and O–H groups in total. The molecule has 0 bridgehead atoms. The molecule has 2 aliphatic heterocycles. The second-order valence-corrected chi connectivity index (χ2v) is 15.5. The van der Waals surface area contributed by atoms with Crippen LogP contribution in [0, 0.1) is 0 Å². The van der Waals surface area contributed by atoms with E-state index in [1.807, 2.05) is 54.6 Å². The first kappa shape index (κ1) is 23.5. The van der Waals surface area contributed by atoms with Crippen LogP contribution in [0.4, 0.5) is 0 Å². The van der Waals surface area contributed by atoms with Gasteiger partial charge in [0, 0.05) is 18.9 Å². The first-order valence-corrected chi connectivity index (χ1v) is 14.5. The number of carbonyl (C=O) groups is 2. The lowest BCUT2D eigenvalue weighted by atomic mass is 9.79. The molecule has 1 spiro atoms. The highest BCUT2D eigenvalue weighted by Crippen LogP contribution is 2.48. The topological polar surface area (TPSA) is 70.1 Å². The molecule has 33 heavy (non-hydrogen) atoms. The molecule has 7 heteroatoms. The summed E-state index contributed by atoms with van der Waals surface area (Å²) in [5, 5.41) is 11.3. The fraction of sp³-hybridized carbons (Fsp3) is 0.462. The first-order chi connectivity index (χ1) is 15.5. The second-order valence-electron chi connectivity index (χ2n) is 10.8. The summed E-state index contributed by atoms with van der Waals surface area (Å²) < 4.78 is 6.41. The number of nitrogens with zero attached hydrogens (tertiary/aromatic N) is 2. The van der Waals surface area contributed by atoms with Crippen LogP contribution in [-0.4, -0.2) is 47.4 Å². The number of amides is 2. The summed E-state index contributed by atoms with van der Waals surface area (Å²) >= 11 is 0. The van der Waals surface area contributed by atoms with E-state index in [-0.39, 0.29) is 23.4 Å². The van der Waals surface area contributed by atoms with Crippen molar-refractivity contribution in [3.05, 3.63) is 65.7 Å². The van der Waals surface area contributed by atoms with Crippen LogP contribution in [0.1, 0.15) is 50.7 Å². The lowest BCUT2D eigenvalue weighted by Gasteiger charge is -2.38.